The zero-order valence-electron chi connectivity index (χ0n) is 15.9. The van der Waals surface area contributed by atoms with E-state index in [2.05, 4.69) is 5.32 Å². The topological polar surface area (TPSA) is 58.6 Å². The summed E-state index contributed by atoms with van der Waals surface area (Å²) in [6.07, 6.45) is 1.66. The first-order valence-corrected chi connectivity index (χ1v) is 10.8. The van der Waals surface area contributed by atoms with E-state index in [0.717, 1.165) is 18.4 Å². The highest BCUT2D eigenvalue weighted by atomic mass is 35.5. The second-order valence-electron chi connectivity index (χ2n) is 6.59. The Labute approximate surface area is 178 Å². The van der Waals surface area contributed by atoms with Gasteiger partial charge in [0.05, 0.1) is 6.61 Å². The second-order valence-corrected chi connectivity index (χ2v) is 8.11. The summed E-state index contributed by atoms with van der Waals surface area (Å²) in [6, 6.07) is 11.5. The predicted octanol–water partition coefficient (Wildman–Crippen LogP) is 5.47. The van der Waals surface area contributed by atoms with Crippen LogP contribution >= 0.6 is 23.4 Å². The lowest BCUT2D eigenvalue weighted by molar-refractivity contribution is -0.148. The highest BCUT2D eigenvalue weighted by molar-refractivity contribution is 7.99. The van der Waals surface area contributed by atoms with Crippen molar-refractivity contribution in [3.8, 4) is 0 Å². The Hall–Kier alpha value is -2.25. The summed E-state index contributed by atoms with van der Waals surface area (Å²) in [5, 5.41) is 2.73. The third-order valence-corrected chi connectivity index (χ3v) is 6.15. The molecule has 0 aromatic heterocycles. The fourth-order valence-electron chi connectivity index (χ4n) is 3.02. The molecule has 1 aliphatic heterocycles. The smallest absolute Gasteiger partial charge is 0.329 e. The number of benzene rings is 2. The first-order valence-electron chi connectivity index (χ1n) is 9.38. The van der Waals surface area contributed by atoms with Gasteiger partial charge in [0.2, 0.25) is 0 Å². The van der Waals surface area contributed by atoms with E-state index in [0.29, 0.717) is 23.1 Å². The molecule has 0 bridgehead atoms. The van der Waals surface area contributed by atoms with Crippen molar-refractivity contribution >= 4 is 41.1 Å². The fourth-order valence-corrected chi connectivity index (χ4v) is 4.77. The van der Waals surface area contributed by atoms with Gasteiger partial charge in [0.1, 0.15) is 17.2 Å². The molecule has 0 spiro atoms. The van der Waals surface area contributed by atoms with E-state index in [1.807, 2.05) is 19.1 Å². The summed E-state index contributed by atoms with van der Waals surface area (Å²) in [4.78, 5) is 27.2. The molecule has 1 N–H and O–H groups in total. The average Bonchev–Trinajstić information content (AvgIpc) is 3.13. The summed E-state index contributed by atoms with van der Waals surface area (Å²) >= 11 is 7.79. The van der Waals surface area contributed by atoms with Crippen LogP contribution in [0.5, 0.6) is 0 Å². The number of halogens is 2. The molecule has 0 saturated carbocycles. The van der Waals surface area contributed by atoms with Crippen molar-refractivity contribution in [3.05, 3.63) is 64.9 Å². The molecule has 0 aliphatic carbocycles. The number of amides is 2. The highest BCUT2D eigenvalue weighted by Gasteiger charge is 2.44. The molecule has 5 nitrogen and oxygen atoms in total. The lowest BCUT2D eigenvalue weighted by Crippen LogP contribution is -2.46. The normalized spacial score (nSPS) is 18.5. The van der Waals surface area contributed by atoms with E-state index >= 15 is 0 Å². The number of anilines is 1. The molecule has 1 fully saturated rings. The number of hydrogen-bond acceptors (Lipinski definition) is 4. The Balaban J connectivity index is 1.86. The standard InChI is InChI=1S/C21H22ClFN2O3S/c1-2-3-11-28-20(26)18-13-29-19(16-9-4-5-10-17(16)22)25(18)21(27)24-15-8-6-7-14(23)12-15/h4-10,12,18-19H,2-3,11,13H2,1H3,(H,24,27). The summed E-state index contributed by atoms with van der Waals surface area (Å²) in [6.45, 7) is 2.32. The highest BCUT2D eigenvalue weighted by Crippen LogP contribution is 2.44. The van der Waals surface area contributed by atoms with Gasteiger partial charge in [-0.15, -0.1) is 11.8 Å². The van der Waals surface area contributed by atoms with Crippen molar-refractivity contribution in [3.63, 3.8) is 0 Å². The molecule has 3 rings (SSSR count). The molecule has 29 heavy (non-hydrogen) atoms. The first kappa shape index (κ1) is 21.5. The van der Waals surface area contributed by atoms with Crippen LogP contribution in [0.1, 0.15) is 30.7 Å². The number of carbonyl (C=O) groups is 2. The number of esters is 1. The van der Waals surface area contributed by atoms with Gasteiger partial charge in [0.15, 0.2) is 0 Å². The maximum Gasteiger partial charge on any atom is 0.329 e. The Morgan fingerprint density at radius 3 is 2.79 bits per heavy atom. The molecule has 154 valence electrons. The van der Waals surface area contributed by atoms with Crippen LogP contribution in [0.25, 0.3) is 0 Å². The minimum absolute atomic E-state index is 0.308. The molecule has 1 heterocycles. The van der Waals surface area contributed by atoms with Gasteiger partial charge in [-0.3, -0.25) is 4.90 Å². The Morgan fingerprint density at radius 2 is 2.07 bits per heavy atom. The van der Waals surface area contributed by atoms with Gasteiger partial charge in [0, 0.05) is 22.0 Å². The number of ether oxygens (including phenoxy) is 1. The number of rotatable bonds is 6. The van der Waals surface area contributed by atoms with Crippen LogP contribution in [-0.2, 0) is 9.53 Å². The molecule has 1 aliphatic rings. The van der Waals surface area contributed by atoms with Gasteiger partial charge in [-0.2, -0.15) is 0 Å². The summed E-state index contributed by atoms with van der Waals surface area (Å²) in [5.41, 5.74) is 1.04. The number of nitrogens with one attached hydrogen (secondary N) is 1. The van der Waals surface area contributed by atoms with E-state index in [9.17, 15) is 14.0 Å². The zero-order valence-corrected chi connectivity index (χ0v) is 17.5. The number of urea groups is 1. The number of thioether (sulfide) groups is 1. The molecule has 2 aromatic carbocycles. The van der Waals surface area contributed by atoms with Crippen LogP contribution in [0, 0.1) is 5.82 Å². The maximum absolute atomic E-state index is 13.5. The third kappa shape index (κ3) is 5.22. The molecular formula is C21H22ClFN2O3S. The lowest BCUT2D eigenvalue weighted by atomic mass is 10.2. The van der Waals surface area contributed by atoms with E-state index < -0.39 is 29.2 Å². The van der Waals surface area contributed by atoms with Gasteiger partial charge in [-0.25, -0.2) is 14.0 Å². The van der Waals surface area contributed by atoms with Crippen LogP contribution in [-0.4, -0.2) is 35.3 Å². The monoisotopic (exact) mass is 436 g/mol. The third-order valence-electron chi connectivity index (χ3n) is 4.50. The van der Waals surface area contributed by atoms with Crippen LogP contribution in [0.2, 0.25) is 5.02 Å². The maximum atomic E-state index is 13.5. The number of hydrogen-bond donors (Lipinski definition) is 1. The van der Waals surface area contributed by atoms with Gasteiger partial charge < -0.3 is 10.1 Å². The van der Waals surface area contributed by atoms with Crippen LogP contribution < -0.4 is 5.32 Å². The molecule has 1 saturated heterocycles. The van der Waals surface area contributed by atoms with Crippen molar-refractivity contribution in [1.29, 1.82) is 0 Å². The minimum Gasteiger partial charge on any atom is -0.464 e. The average molecular weight is 437 g/mol. The molecule has 2 atom stereocenters. The lowest BCUT2D eigenvalue weighted by Gasteiger charge is -2.29. The molecule has 2 unspecified atom stereocenters. The van der Waals surface area contributed by atoms with Crippen molar-refractivity contribution in [1.82, 2.24) is 4.90 Å². The quantitative estimate of drug-likeness (QED) is 0.481. The number of carbonyl (C=O) groups excluding carboxylic acids is 2. The zero-order chi connectivity index (χ0) is 20.8. The predicted molar refractivity (Wildman–Crippen MR) is 114 cm³/mol. The van der Waals surface area contributed by atoms with E-state index in [4.69, 9.17) is 16.3 Å². The SMILES string of the molecule is CCCCOC(=O)C1CSC(c2ccccc2Cl)N1C(=O)Nc1cccc(F)c1. The van der Waals surface area contributed by atoms with Crippen molar-refractivity contribution in [2.75, 3.05) is 17.7 Å². The Morgan fingerprint density at radius 1 is 1.28 bits per heavy atom. The van der Waals surface area contributed by atoms with Crippen LogP contribution in [0.3, 0.4) is 0 Å². The summed E-state index contributed by atoms with van der Waals surface area (Å²) in [5.74, 6) is -0.524. The van der Waals surface area contributed by atoms with E-state index in [1.54, 1.807) is 18.2 Å². The Kier molecular flexibility index (Phi) is 7.39. The van der Waals surface area contributed by atoms with Crippen molar-refractivity contribution < 1.29 is 18.7 Å². The van der Waals surface area contributed by atoms with Gasteiger partial charge >= 0.3 is 12.0 Å². The van der Waals surface area contributed by atoms with E-state index in [1.165, 1.54) is 34.9 Å². The first-order chi connectivity index (χ1) is 14.0. The van der Waals surface area contributed by atoms with Crippen LogP contribution in [0.15, 0.2) is 48.5 Å². The summed E-state index contributed by atoms with van der Waals surface area (Å²) < 4.78 is 18.9. The molecular weight excluding hydrogens is 415 g/mol. The minimum atomic E-state index is -0.758. The molecule has 8 heteroatoms. The largest absolute Gasteiger partial charge is 0.464 e. The Bertz CT molecular complexity index is 883. The molecule has 0 radical (unpaired) electrons. The van der Waals surface area contributed by atoms with Crippen molar-refractivity contribution in [2.24, 2.45) is 0 Å². The summed E-state index contributed by atoms with van der Waals surface area (Å²) in [7, 11) is 0. The van der Waals surface area contributed by atoms with Gasteiger partial charge in [-0.1, -0.05) is 49.2 Å². The van der Waals surface area contributed by atoms with Gasteiger partial charge in [0.25, 0.3) is 0 Å². The van der Waals surface area contributed by atoms with E-state index in [-0.39, 0.29) is 0 Å². The fraction of sp³-hybridized carbons (Fsp3) is 0.333. The van der Waals surface area contributed by atoms with Gasteiger partial charge in [-0.05, 0) is 30.7 Å². The second kappa shape index (κ2) is 9.98. The molecule has 2 aromatic rings. The number of unbranched alkanes of at least 4 members (excludes halogenated alkanes) is 1. The van der Waals surface area contributed by atoms with Crippen molar-refractivity contribution in [2.45, 2.75) is 31.2 Å². The van der Waals surface area contributed by atoms with Crippen LogP contribution in [0.4, 0.5) is 14.9 Å². The number of nitrogens with zero attached hydrogens (tertiary/aromatic N) is 1. The molecule has 2 amide bonds.